The van der Waals surface area contributed by atoms with Crippen LogP contribution >= 0.6 is 11.3 Å². The second-order valence-electron chi connectivity index (χ2n) is 5.00. The molecule has 0 aromatic carbocycles. The van der Waals surface area contributed by atoms with Gasteiger partial charge in [0.15, 0.2) is 5.69 Å². The Kier molecular flexibility index (Phi) is 4.31. The first kappa shape index (κ1) is 14.2. The average molecular weight is 306 g/mol. The summed E-state index contributed by atoms with van der Waals surface area (Å²) >= 11 is 1.54. The van der Waals surface area contributed by atoms with Crippen molar-refractivity contribution in [1.82, 2.24) is 20.1 Å². The molecule has 0 radical (unpaired) electrons. The van der Waals surface area contributed by atoms with E-state index in [2.05, 4.69) is 20.1 Å². The molecule has 1 saturated heterocycles. The summed E-state index contributed by atoms with van der Waals surface area (Å²) in [5.41, 5.74) is 1.52. The van der Waals surface area contributed by atoms with E-state index < -0.39 is 0 Å². The number of aromatic nitrogens is 3. The molecule has 6 nitrogen and oxygen atoms in total. The Morgan fingerprint density at radius 1 is 1.62 bits per heavy atom. The first-order valence-corrected chi connectivity index (χ1v) is 8.00. The summed E-state index contributed by atoms with van der Waals surface area (Å²) in [5.74, 6) is -0.335. The second kappa shape index (κ2) is 6.36. The largest absolute Gasteiger partial charge is 0.461 e. The molecule has 1 N–H and O–H groups in total. The molecule has 3 heterocycles. The van der Waals surface area contributed by atoms with E-state index in [1.54, 1.807) is 18.5 Å². The molecule has 1 atom stereocenters. The van der Waals surface area contributed by atoms with Crippen molar-refractivity contribution in [3.05, 3.63) is 34.0 Å². The molecule has 1 aliphatic rings. The maximum absolute atomic E-state index is 11.7. The molecular formula is C14H18N4O2S. The van der Waals surface area contributed by atoms with E-state index in [0.717, 1.165) is 36.6 Å². The standard InChI is InChI=1S/C14H18N4O2S/c1-2-20-14(19)11-9-21-13(16-11)12-4-3-7-18(12)8-10-5-6-15-17-10/h5-6,9,12H,2-4,7-8H2,1H3,(H,15,17). The molecule has 1 fully saturated rings. The Hall–Kier alpha value is -1.73. The van der Waals surface area contributed by atoms with Gasteiger partial charge in [-0.05, 0) is 32.4 Å². The number of thiazole rings is 1. The van der Waals surface area contributed by atoms with Crippen LogP contribution < -0.4 is 0 Å². The van der Waals surface area contributed by atoms with Crippen molar-refractivity contribution >= 4 is 17.3 Å². The van der Waals surface area contributed by atoms with Crippen LogP contribution in [0.2, 0.25) is 0 Å². The zero-order chi connectivity index (χ0) is 14.7. The van der Waals surface area contributed by atoms with E-state index in [-0.39, 0.29) is 12.0 Å². The van der Waals surface area contributed by atoms with E-state index in [4.69, 9.17) is 4.74 Å². The van der Waals surface area contributed by atoms with E-state index in [0.29, 0.717) is 12.3 Å². The smallest absolute Gasteiger partial charge is 0.357 e. The van der Waals surface area contributed by atoms with Gasteiger partial charge in [0.2, 0.25) is 0 Å². The van der Waals surface area contributed by atoms with Gasteiger partial charge in [-0.15, -0.1) is 11.3 Å². The van der Waals surface area contributed by atoms with E-state index in [1.165, 1.54) is 11.3 Å². The number of nitrogens with one attached hydrogen (secondary N) is 1. The highest BCUT2D eigenvalue weighted by Gasteiger charge is 2.29. The lowest BCUT2D eigenvalue weighted by Crippen LogP contribution is -2.23. The molecule has 0 amide bonds. The first-order valence-electron chi connectivity index (χ1n) is 7.12. The fourth-order valence-electron chi connectivity index (χ4n) is 2.63. The van der Waals surface area contributed by atoms with Crippen molar-refractivity contribution < 1.29 is 9.53 Å². The third-order valence-corrected chi connectivity index (χ3v) is 4.53. The summed E-state index contributed by atoms with van der Waals surface area (Å²) in [4.78, 5) is 18.5. The van der Waals surface area contributed by atoms with Crippen molar-refractivity contribution in [2.45, 2.75) is 32.4 Å². The number of nitrogens with zero attached hydrogens (tertiary/aromatic N) is 3. The Balaban J connectivity index is 1.71. The molecule has 21 heavy (non-hydrogen) atoms. The summed E-state index contributed by atoms with van der Waals surface area (Å²) in [5, 5.41) is 9.76. The molecule has 2 aromatic rings. The minimum absolute atomic E-state index is 0.279. The maximum Gasteiger partial charge on any atom is 0.357 e. The molecule has 0 spiro atoms. The predicted octanol–water partition coefficient (Wildman–Crippen LogP) is 2.38. The van der Waals surface area contributed by atoms with Crippen LogP contribution in [0.3, 0.4) is 0 Å². The zero-order valence-electron chi connectivity index (χ0n) is 11.9. The van der Waals surface area contributed by atoms with Crippen LogP contribution in [-0.4, -0.2) is 39.2 Å². The van der Waals surface area contributed by atoms with Crippen LogP contribution in [0, 0.1) is 0 Å². The number of esters is 1. The number of hydrogen-bond donors (Lipinski definition) is 1. The van der Waals surface area contributed by atoms with Gasteiger partial charge in [0.1, 0.15) is 5.01 Å². The van der Waals surface area contributed by atoms with Gasteiger partial charge in [-0.3, -0.25) is 10.00 Å². The van der Waals surface area contributed by atoms with Crippen molar-refractivity contribution in [1.29, 1.82) is 0 Å². The molecule has 1 unspecified atom stereocenters. The van der Waals surface area contributed by atoms with Gasteiger partial charge in [-0.2, -0.15) is 5.10 Å². The zero-order valence-corrected chi connectivity index (χ0v) is 12.7. The van der Waals surface area contributed by atoms with Crippen LogP contribution in [-0.2, 0) is 11.3 Å². The first-order chi connectivity index (χ1) is 10.3. The van der Waals surface area contributed by atoms with Gasteiger partial charge in [0, 0.05) is 23.8 Å². The lowest BCUT2D eigenvalue weighted by atomic mass is 10.2. The number of aromatic amines is 1. The van der Waals surface area contributed by atoms with Crippen LogP contribution in [0.25, 0.3) is 0 Å². The minimum Gasteiger partial charge on any atom is -0.461 e. The van der Waals surface area contributed by atoms with Gasteiger partial charge in [0.05, 0.1) is 12.6 Å². The Morgan fingerprint density at radius 3 is 3.29 bits per heavy atom. The monoisotopic (exact) mass is 306 g/mol. The Morgan fingerprint density at radius 2 is 2.52 bits per heavy atom. The summed E-state index contributed by atoms with van der Waals surface area (Å²) in [6, 6.07) is 2.27. The van der Waals surface area contributed by atoms with Crippen LogP contribution in [0.5, 0.6) is 0 Å². The van der Waals surface area contributed by atoms with Gasteiger partial charge in [-0.1, -0.05) is 0 Å². The lowest BCUT2D eigenvalue weighted by molar-refractivity contribution is 0.0520. The molecule has 0 bridgehead atoms. The molecule has 112 valence electrons. The fraction of sp³-hybridized carbons (Fsp3) is 0.500. The Labute approximate surface area is 127 Å². The highest BCUT2D eigenvalue weighted by Crippen LogP contribution is 2.34. The molecular weight excluding hydrogens is 288 g/mol. The number of carbonyl (C=O) groups excluding carboxylic acids is 1. The van der Waals surface area contributed by atoms with E-state index >= 15 is 0 Å². The molecule has 1 aliphatic heterocycles. The summed E-state index contributed by atoms with van der Waals surface area (Å²) in [6.07, 6.45) is 3.99. The lowest BCUT2D eigenvalue weighted by Gasteiger charge is -2.21. The fourth-order valence-corrected chi connectivity index (χ4v) is 3.58. The highest BCUT2D eigenvalue weighted by molar-refractivity contribution is 7.09. The average Bonchev–Trinajstić information content (AvgIpc) is 3.20. The topological polar surface area (TPSA) is 71.1 Å². The summed E-state index contributed by atoms with van der Waals surface area (Å²) < 4.78 is 4.99. The van der Waals surface area contributed by atoms with Gasteiger partial charge >= 0.3 is 5.97 Å². The van der Waals surface area contributed by atoms with Crippen molar-refractivity contribution in [3.8, 4) is 0 Å². The number of ether oxygens (including phenoxy) is 1. The quantitative estimate of drug-likeness (QED) is 0.859. The molecule has 0 saturated carbocycles. The van der Waals surface area contributed by atoms with Crippen molar-refractivity contribution in [3.63, 3.8) is 0 Å². The van der Waals surface area contributed by atoms with Gasteiger partial charge < -0.3 is 4.74 Å². The van der Waals surface area contributed by atoms with E-state index in [1.807, 2.05) is 6.07 Å². The van der Waals surface area contributed by atoms with Gasteiger partial charge in [0.25, 0.3) is 0 Å². The number of H-pyrrole nitrogens is 1. The van der Waals surface area contributed by atoms with Crippen LogP contribution in [0.4, 0.5) is 0 Å². The highest BCUT2D eigenvalue weighted by atomic mass is 32.1. The number of rotatable bonds is 5. The number of likely N-dealkylation sites (tertiary alicyclic amines) is 1. The van der Waals surface area contributed by atoms with E-state index in [9.17, 15) is 4.79 Å². The third-order valence-electron chi connectivity index (χ3n) is 3.59. The molecule has 2 aromatic heterocycles. The summed E-state index contributed by atoms with van der Waals surface area (Å²) in [7, 11) is 0. The normalized spacial score (nSPS) is 19.0. The van der Waals surface area contributed by atoms with Crippen LogP contribution in [0.1, 0.15) is 47.0 Å². The van der Waals surface area contributed by atoms with Gasteiger partial charge in [-0.25, -0.2) is 9.78 Å². The summed E-state index contributed by atoms with van der Waals surface area (Å²) in [6.45, 7) is 4.05. The molecule has 7 heteroatoms. The number of hydrogen-bond acceptors (Lipinski definition) is 6. The minimum atomic E-state index is -0.335. The number of carbonyl (C=O) groups is 1. The van der Waals surface area contributed by atoms with Crippen molar-refractivity contribution in [2.24, 2.45) is 0 Å². The molecule has 3 rings (SSSR count). The third kappa shape index (κ3) is 3.14. The maximum atomic E-state index is 11.7. The SMILES string of the molecule is CCOC(=O)c1csc(C2CCCN2Cc2ccn[nH]2)n1. The molecule has 0 aliphatic carbocycles. The second-order valence-corrected chi connectivity index (χ2v) is 5.89. The van der Waals surface area contributed by atoms with Crippen LogP contribution in [0.15, 0.2) is 17.6 Å². The predicted molar refractivity (Wildman–Crippen MR) is 79.0 cm³/mol. The Bertz CT molecular complexity index is 596. The van der Waals surface area contributed by atoms with Crippen molar-refractivity contribution in [2.75, 3.05) is 13.2 Å².